The maximum absolute atomic E-state index is 13.5. The number of nitrogens with zero attached hydrogens (tertiary/aromatic N) is 3. The van der Waals surface area contributed by atoms with Gasteiger partial charge in [-0.1, -0.05) is 24.3 Å². The first-order valence-electron chi connectivity index (χ1n) is 11.9. The van der Waals surface area contributed by atoms with Crippen molar-refractivity contribution in [2.45, 2.75) is 39.0 Å². The summed E-state index contributed by atoms with van der Waals surface area (Å²) in [5, 5.41) is 8.77. The van der Waals surface area contributed by atoms with Gasteiger partial charge < -0.3 is 9.64 Å². The Morgan fingerprint density at radius 2 is 1.56 bits per heavy atom. The number of rotatable bonds is 6. The van der Waals surface area contributed by atoms with Crippen molar-refractivity contribution in [3.05, 3.63) is 70.8 Å². The molecule has 4 rings (SSSR count). The van der Waals surface area contributed by atoms with Crippen LogP contribution in [0, 0.1) is 0 Å². The highest BCUT2D eigenvalue weighted by atomic mass is 16.5. The third-order valence-electron chi connectivity index (χ3n) is 6.64. The zero-order valence-electron chi connectivity index (χ0n) is 19.9. The zero-order chi connectivity index (χ0) is 24.1. The largest absolute Gasteiger partial charge is 0.379 e. The van der Waals surface area contributed by atoms with Gasteiger partial charge >= 0.3 is 0 Å². The van der Waals surface area contributed by atoms with E-state index in [-0.39, 0.29) is 18.0 Å². The second kappa shape index (κ2) is 11.1. The maximum atomic E-state index is 13.5. The number of piperazine rings is 1. The third-order valence-corrected chi connectivity index (χ3v) is 6.64. The summed E-state index contributed by atoms with van der Waals surface area (Å²) in [5.41, 5.74) is 5.06. The lowest BCUT2D eigenvalue weighted by molar-refractivity contribution is 0.0267. The molecule has 0 aromatic heterocycles. The molecule has 0 radical (unpaired) electrons. The van der Waals surface area contributed by atoms with E-state index in [1.54, 1.807) is 17.6 Å². The van der Waals surface area contributed by atoms with E-state index < -0.39 is 5.91 Å². The number of carbonyl (C=O) groups is 2. The highest BCUT2D eigenvalue weighted by Crippen LogP contribution is 2.22. The molecule has 2 N–H and O–H groups in total. The number of carbonyl (C=O) groups excluding carboxylic acids is 2. The van der Waals surface area contributed by atoms with E-state index in [1.807, 2.05) is 35.2 Å². The molecular weight excluding hydrogens is 432 g/mol. The lowest BCUT2D eigenvalue weighted by atomic mass is 10.0. The van der Waals surface area contributed by atoms with Crippen molar-refractivity contribution in [2.75, 3.05) is 39.4 Å². The monoisotopic (exact) mass is 466 g/mol. The van der Waals surface area contributed by atoms with Crippen molar-refractivity contribution in [3.8, 4) is 0 Å². The van der Waals surface area contributed by atoms with Gasteiger partial charge in [0.05, 0.1) is 13.2 Å². The molecule has 182 valence electrons. The fraction of sp³-hybridized carbons (Fsp3) is 0.462. The Labute approximate surface area is 201 Å². The van der Waals surface area contributed by atoms with Crippen LogP contribution < -0.4 is 5.48 Å². The van der Waals surface area contributed by atoms with Gasteiger partial charge in [0.1, 0.15) is 0 Å². The topological polar surface area (TPSA) is 85.4 Å². The molecule has 0 saturated carbocycles. The Bertz CT molecular complexity index is 979. The standard InChI is InChI=1S/C26H34N4O4/c1-19-15-29(17-21-6-8-23(9-7-21)25(31)27-33)16-20(2)30(19)26(32)24-5-3-4-22(14-24)18-28-10-12-34-13-11-28/h3-9,14,19-20,33H,10-13,15-18H2,1-2H3,(H,27,31). The van der Waals surface area contributed by atoms with Gasteiger partial charge in [-0.05, 0) is 49.2 Å². The van der Waals surface area contributed by atoms with Gasteiger partial charge in [-0.15, -0.1) is 0 Å². The number of hydrogen-bond acceptors (Lipinski definition) is 6. The van der Waals surface area contributed by atoms with Gasteiger partial charge in [-0.2, -0.15) is 0 Å². The quantitative estimate of drug-likeness (QED) is 0.502. The van der Waals surface area contributed by atoms with Gasteiger partial charge in [0.25, 0.3) is 11.8 Å². The van der Waals surface area contributed by atoms with Crippen molar-refractivity contribution in [1.29, 1.82) is 0 Å². The Balaban J connectivity index is 1.38. The molecule has 2 amide bonds. The summed E-state index contributed by atoms with van der Waals surface area (Å²) in [6, 6.07) is 15.4. The Morgan fingerprint density at radius 1 is 0.912 bits per heavy atom. The summed E-state index contributed by atoms with van der Waals surface area (Å²) >= 11 is 0. The average Bonchev–Trinajstić information content (AvgIpc) is 2.84. The van der Waals surface area contributed by atoms with Crippen LogP contribution in [0.15, 0.2) is 48.5 Å². The first-order chi connectivity index (χ1) is 16.4. The minimum absolute atomic E-state index is 0.0820. The Hall–Kier alpha value is -2.78. The molecule has 0 bridgehead atoms. The van der Waals surface area contributed by atoms with E-state index in [9.17, 15) is 9.59 Å². The van der Waals surface area contributed by atoms with E-state index in [2.05, 4.69) is 29.7 Å². The van der Waals surface area contributed by atoms with Crippen LogP contribution >= 0.6 is 0 Å². The number of benzene rings is 2. The highest BCUT2D eigenvalue weighted by Gasteiger charge is 2.33. The molecule has 8 heteroatoms. The normalized spacial score (nSPS) is 21.9. The minimum atomic E-state index is -0.519. The fourth-order valence-electron chi connectivity index (χ4n) is 5.02. The molecule has 34 heavy (non-hydrogen) atoms. The highest BCUT2D eigenvalue weighted by molar-refractivity contribution is 5.95. The molecule has 2 saturated heterocycles. The molecule has 0 aliphatic carbocycles. The molecule has 2 aliphatic rings. The number of ether oxygens (including phenoxy) is 1. The second-order valence-corrected chi connectivity index (χ2v) is 9.33. The van der Waals surface area contributed by atoms with E-state index in [1.165, 1.54) is 0 Å². The lowest BCUT2D eigenvalue weighted by Crippen LogP contribution is -2.58. The van der Waals surface area contributed by atoms with Crippen LogP contribution in [-0.2, 0) is 17.8 Å². The van der Waals surface area contributed by atoms with Gasteiger partial charge in [-0.3, -0.25) is 24.6 Å². The van der Waals surface area contributed by atoms with Gasteiger partial charge in [0.15, 0.2) is 0 Å². The summed E-state index contributed by atoms with van der Waals surface area (Å²) < 4.78 is 5.44. The number of nitrogens with one attached hydrogen (secondary N) is 1. The lowest BCUT2D eigenvalue weighted by Gasteiger charge is -2.44. The molecule has 2 aromatic carbocycles. The van der Waals surface area contributed by atoms with Crippen LogP contribution in [-0.4, -0.2) is 83.2 Å². The van der Waals surface area contributed by atoms with Gasteiger partial charge in [-0.25, -0.2) is 5.48 Å². The minimum Gasteiger partial charge on any atom is -0.379 e. The van der Waals surface area contributed by atoms with Crippen LogP contribution in [0.3, 0.4) is 0 Å². The Morgan fingerprint density at radius 3 is 2.21 bits per heavy atom. The third kappa shape index (κ3) is 5.82. The second-order valence-electron chi connectivity index (χ2n) is 9.33. The molecule has 2 atom stereocenters. The van der Waals surface area contributed by atoms with Crippen molar-refractivity contribution in [1.82, 2.24) is 20.2 Å². The first kappa shape index (κ1) is 24.3. The molecule has 2 heterocycles. The Kier molecular flexibility index (Phi) is 7.95. The van der Waals surface area contributed by atoms with Gasteiger partial charge in [0, 0.05) is 62.5 Å². The fourth-order valence-corrected chi connectivity index (χ4v) is 5.02. The molecule has 2 fully saturated rings. The van der Waals surface area contributed by atoms with Crippen LogP contribution in [0.4, 0.5) is 0 Å². The van der Waals surface area contributed by atoms with Crippen molar-refractivity contribution in [2.24, 2.45) is 0 Å². The number of morpholine rings is 1. The number of hydroxylamine groups is 1. The summed E-state index contributed by atoms with van der Waals surface area (Å²) in [6.45, 7) is 10.7. The van der Waals surface area contributed by atoms with Crippen LogP contribution in [0.1, 0.15) is 45.7 Å². The van der Waals surface area contributed by atoms with Crippen molar-refractivity contribution < 1.29 is 19.5 Å². The van der Waals surface area contributed by atoms with Crippen molar-refractivity contribution >= 4 is 11.8 Å². The van der Waals surface area contributed by atoms with E-state index >= 15 is 0 Å². The zero-order valence-corrected chi connectivity index (χ0v) is 19.9. The van der Waals surface area contributed by atoms with E-state index in [4.69, 9.17) is 9.94 Å². The molecule has 2 aromatic rings. The van der Waals surface area contributed by atoms with Crippen LogP contribution in [0.25, 0.3) is 0 Å². The first-order valence-corrected chi connectivity index (χ1v) is 11.9. The van der Waals surface area contributed by atoms with E-state index in [0.29, 0.717) is 5.56 Å². The van der Waals surface area contributed by atoms with Crippen molar-refractivity contribution in [3.63, 3.8) is 0 Å². The number of hydrogen-bond donors (Lipinski definition) is 2. The number of amides is 2. The molecule has 8 nitrogen and oxygen atoms in total. The van der Waals surface area contributed by atoms with Crippen LogP contribution in [0.2, 0.25) is 0 Å². The molecule has 0 spiro atoms. The van der Waals surface area contributed by atoms with Crippen LogP contribution in [0.5, 0.6) is 0 Å². The summed E-state index contributed by atoms with van der Waals surface area (Å²) in [4.78, 5) is 31.7. The predicted molar refractivity (Wildman–Crippen MR) is 129 cm³/mol. The van der Waals surface area contributed by atoms with E-state index in [0.717, 1.165) is 69.2 Å². The predicted octanol–water partition coefficient (Wildman–Crippen LogP) is 2.37. The molecule has 2 aliphatic heterocycles. The van der Waals surface area contributed by atoms with Gasteiger partial charge in [0.2, 0.25) is 0 Å². The maximum Gasteiger partial charge on any atom is 0.274 e. The molecular formula is C26H34N4O4. The molecule has 2 unspecified atom stereocenters. The smallest absolute Gasteiger partial charge is 0.274 e. The average molecular weight is 467 g/mol. The summed E-state index contributed by atoms with van der Waals surface area (Å²) in [5.74, 6) is -0.433. The summed E-state index contributed by atoms with van der Waals surface area (Å²) in [6.07, 6.45) is 0. The SMILES string of the molecule is CC1CN(Cc2ccc(C(=O)NO)cc2)CC(C)N1C(=O)c1cccc(CN2CCOCC2)c1. The summed E-state index contributed by atoms with van der Waals surface area (Å²) in [7, 11) is 0.